The maximum Gasteiger partial charge on any atom is 0.336 e. The standard InChI is InChI=1S/C22H23NO3S/c1-25-20-16-18(22(27)23-14-6-3-7-15-23)11-12-19(20)26-21(24)13-10-17-8-4-2-5-9-17/h2,4-5,8-13,16H,3,6-7,14-15H2,1H3. The van der Waals surface area contributed by atoms with Crippen LogP contribution in [-0.2, 0) is 4.79 Å². The minimum absolute atomic E-state index is 0.380. The number of esters is 1. The lowest BCUT2D eigenvalue weighted by atomic mass is 10.1. The molecule has 5 heteroatoms. The van der Waals surface area contributed by atoms with Gasteiger partial charge in [-0.05, 0) is 49.1 Å². The smallest absolute Gasteiger partial charge is 0.336 e. The SMILES string of the molecule is COc1cc(C(=S)N2CCCCC2)ccc1OC(=O)C=Cc1ccccc1. The number of hydrogen-bond acceptors (Lipinski definition) is 4. The molecule has 0 amide bonds. The van der Waals surface area contributed by atoms with Crippen LogP contribution < -0.4 is 9.47 Å². The summed E-state index contributed by atoms with van der Waals surface area (Å²) in [5.41, 5.74) is 1.84. The van der Waals surface area contributed by atoms with Crippen LogP contribution in [0.2, 0.25) is 0 Å². The lowest BCUT2D eigenvalue weighted by molar-refractivity contribution is -0.129. The molecule has 0 unspecified atom stereocenters. The van der Waals surface area contributed by atoms with Crippen molar-refractivity contribution in [1.82, 2.24) is 4.90 Å². The number of methoxy groups -OCH3 is 1. The van der Waals surface area contributed by atoms with Gasteiger partial charge in [0.2, 0.25) is 0 Å². The number of nitrogens with zero attached hydrogens (tertiary/aromatic N) is 1. The molecule has 2 aromatic rings. The van der Waals surface area contributed by atoms with E-state index in [1.807, 2.05) is 42.5 Å². The number of rotatable bonds is 5. The first-order valence-corrected chi connectivity index (χ1v) is 9.50. The van der Waals surface area contributed by atoms with E-state index in [1.165, 1.54) is 25.3 Å². The van der Waals surface area contributed by atoms with Gasteiger partial charge >= 0.3 is 5.97 Å². The number of benzene rings is 2. The molecule has 0 aromatic heterocycles. The summed E-state index contributed by atoms with van der Waals surface area (Å²) < 4.78 is 10.8. The molecule has 1 aliphatic rings. The zero-order valence-corrected chi connectivity index (χ0v) is 16.2. The molecule has 3 rings (SSSR count). The summed E-state index contributed by atoms with van der Waals surface area (Å²) in [4.78, 5) is 15.2. The first-order valence-electron chi connectivity index (χ1n) is 9.09. The van der Waals surface area contributed by atoms with Crippen molar-refractivity contribution in [2.75, 3.05) is 20.2 Å². The zero-order chi connectivity index (χ0) is 19.1. The van der Waals surface area contributed by atoms with E-state index in [0.717, 1.165) is 29.2 Å². The summed E-state index contributed by atoms with van der Waals surface area (Å²) in [5, 5.41) is 0. The molecular weight excluding hydrogens is 358 g/mol. The van der Waals surface area contributed by atoms with Crippen LogP contribution in [0.25, 0.3) is 6.08 Å². The predicted molar refractivity (Wildman–Crippen MR) is 111 cm³/mol. The highest BCUT2D eigenvalue weighted by Crippen LogP contribution is 2.29. The summed E-state index contributed by atoms with van der Waals surface area (Å²) in [6.45, 7) is 1.98. The van der Waals surface area contributed by atoms with Crippen LogP contribution >= 0.6 is 12.2 Å². The van der Waals surface area contributed by atoms with E-state index in [1.54, 1.807) is 19.3 Å². The monoisotopic (exact) mass is 381 g/mol. The number of thiocarbonyl (C=S) groups is 1. The molecule has 2 aromatic carbocycles. The molecule has 0 radical (unpaired) electrons. The second-order valence-corrected chi connectivity index (χ2v) is 6.77. The number of ether oxygens (including phenoxy) is 2. The van der Waals surface area contributed by atoms with E-state index in [9.17, 15) is 4.79 Å². The fourth-order valence-corrected chi connectivity index (χ4v) is 3.34. The minimum Gasteiger partial charge on any atom is -0.493 e. The Balaban J connectivity index is 1.69. The van der Waals surface area contributed by atoms with Crippen molar-refractivity contribution in [2.24, 2.45) is 0 Å². The van der Waals surface area contributed by atoms with E-state index < -0.39 is 5.97 Å². The van der Waals surface area contributed by atoms with E-state index in [2.05, 4.69) is 4.90 Å². The van der Waals surface area contributed by atoms with Crippen molar-refractivity contribution in [3.63, 3.8) is 0 Å². The molecule has 0 saturated carbocycles. The summed E-state index contributed by atoms with van der Waals surface area (Å²) in [7, 11) is 1.56. The van der Waals surface area contributed by atoms with E-state index in [4.69, 9.17) is 21.7 Å². The Labute approximate surface area is 165 Å². The van der Waals surface area contributed by atoms with Gasteiger partial charge in [0.15, 0.2) is 11.5 Å². The fourth-order valence-electron chi connectivity index (χ4n) is 3.04. The second kappa shape index (κ2) is 9.33. The molecule has 1 aliphatic heterocycles. The maximum atomic E-state index is 12.1. The van der Waals surface area contributed by atoms with Gasteiger partial charge in [-0.1, -0.05) is 42.5 Å². The molecule has 140 valence electrons. The average Bonchev–Trinajstić information content (AvgIpc) is 2.73. The van der Waals surface area contributed by atoms with Gasteiger partial charge in [0, 0.05) is 24.7 Å². The van der Waals surface area contributed by atoms with Gasteiger partial charge in [-0.2, -0.15) is 0 Å². The number of carbonyl (C=O) groups is 1. The average molecular weight is 381 g/mol. The number of likely N-dealkylation sites (tertiary alicyclic amines) is 1. The van der Waals surface area contributed by atoms with Gasteiger partial charge in [-0.25, -0.2) is 4.79 Å². The highest BCUT2D eigenvalue weighted by Gasteiger charge is 2.17. The van der Waals surface area contributed by atoms with Gasteiger partial charge in [-0.3, -0.25) is 0 Å². The van der Waals surface area contributed by atoms with Gasteiger partial charge in [0.1, 0.15) is 4.99 Å². The van der Waals surface area contributed by atoms with Crippen LogP contribution in [-0.4, -0.2) is 36.1 Å². The largest absolute Gasteiger partial charge is 0.493 e. The van der Waals surface area contributed by atoms with Gasteiger partial charge in [-0.15, -0.1) is 0 Å². The molecule has 1 heterocycles. The third-order valence-electron chi connectivity index (χ3n) is 4.48. The van der Waals surface area contributed by atoms with Crippen LogP contribution in [0.4, 0.5) is 0 Å². The predicted octanol–water partition coefficient (Wildman–Crippen LogP) is 4.48. The van der Waals surface area contributed by atoms with Crippen molar-refractivity contribution in [1.29, 1.82) is 0 Å². The Morgan fingerprint density at radius 1 is 1.04 bits per heavy atom. The molecule has 0 atom stereocenters. The van der Waals surface area contributed by atoms with Crippen molar-refractivity contribution in [2.45, 2.75) is 19.3 Å². The fraction of sp³-hybridized carbons (Fsp3) is 0.273. The lowest BCUT2D eigenvalue weighted by Crippen LogP contribution is -2.34. The first-order chi connectivity index (χ1) is 13.2. The third kappa shape index (κ3) is 5.17. The molecule has 0 aliphatic carbocycles. The quantitative estimate of drug-likeness (QED) is 0.331. The summed E-state index contributed by atoms with van der Waals surface area (Å²) in [6, 6.07) is 15.0. The Morgan fingerprint density at radius 2 is 1.78 bits per heavy atom. The molecule has 4 nitrogen and oxygen atoms in total. The van der Waals surface area contributed by atoms with Crippen LogP contribution in [0, 0.1) is 0 Å². The second-order valence-electron chi connectivity index (χ2n) is 6.38. The number of hydrogen-bond donors (Lipinski definition) is 0. The molecule has 1 saturated heterocycles. The van der Waals surface area contributed by atoms with Crippen LogP contribution in [0.3, 0.4) is 0 Å². The number of piperidine rings is 1. The minimum atomic E-state index is -0.455. The Morgan fingerprint density at radius 3 is 2.48 bits per heavy atom. The van der Waals surface area contributed by atoms with Crippen molar-refractivity contribution in [3.8, 4) is 11.5 Å². The molecule has 27 heavy (non-hydrogen) atoms. The molecule has 0 N–H and O–H groups in total. The normalized spacial score (nSPS) is 14.2. The molecule has 0 bridgehead atoms. The molecule has 0 spiro atoms. The molecular formula is C22H23NO3S. The van der Waals surface area contributed by atoms with E-state index in [0.29, 0.717) is 11.5 Å². The lowest BCUT2D eigenvalue weighted by Gasteiger charge is -2.29. The Kier molecular flexibility index (Phi) is 6.60. The maximum absolute atomic E-state index is 12.1. The van der Waals surface area contributed by atoms with Crippen molar-refractivity contribution < 1.29 is 14.3 Å². The molecule has 1 fully saturated rings. The van der Waals surface area contributed by atoms with Crippen molar-refractivity contribution >= 4 is 29.3 Å². The zero-order valence-electron chi connectivity index (χ0n) is 15.4. The van der Waals surface area contributed by atoms with Crippen LogP contribution in [0.15, 0.2) is 54.6 Å². The van der Waals surface area contributed by atoms with Gasteiger partial charge < -0.3 is 14.4 Å². The Hall–Kier alpha value is -2.66. The topological polar surface area (TPSA) is 38.8 Å². The van der Waals surface area contributed by atoms with Crippen LogP contribution in [0.5, 0.6) is 11.5 Å². The Bertz CT molecular complexity index is 827. The van der Waals surface area contributed by atoms with E-state index in [-0.39, 0.29) is 0 Å². The highest BCUT2D eigenvalue weighted by atomic mass is 32.1. The summed E-state index contributed by atoms with van der Waals surface area (Å²) in [5.74, 6) is 0.419. The summed E-state index contributed by atoms with van der Waals surface area (Å²) in [6.07, 6.45) is 6.71. The van der Waals surface area contributed by atoms with Crippen LogP contribution in [0.1, 0.15) is 30.4 Å². The third-order valence-corrected chi connectivity index (χ3v) is 4.97. The van der Waals surface area contributed by atoms with Crippen molar-refractivity contribution in [3.05, 3.63) is 65.7 Å². The van der Waals surface area contributed by atoms with E-state index >= 15 is 0 Å². The number of carbonyl (C=O) groups excluding carboxylic acids is 1. The summed E-state index contributed by atoms with van der Waals surface area (Å²) >= 11 is 5.63. The first kappa shape index (κ1) is 19.1. The van der Waals surface area contributed by atoms with Gasteiger partial charge in [0.05, 0.1) is 7.11 Å². The highest BCUT2D eigenvalue weighted by molar-refractivity contribution is 7.80. The van der Waals surface area contributed by atoms with Gasteiger partial charge in [0.25, 0.3) is 0 Å².